The SMILES string of the molecule is CC(C)(C)OC(=O)N1CCCC(NC(=O)c2ccc(-c3csc(-c4ccnc(C(C)(C)C)c4)c3)c(Cl)c2)C1. The molecule has 1 aromatic carbocycles. The van der Waals surface area contributed by atoms with E-state index in [1.165, 1.54) is 0 Å². The van der Waals surface area contributed by atoms with E-state index < -0.39 is 5.60 Å². The molecule has 1 fully saturated rings. The van der Waals surface area contributed by atoms with Crippen LogP contribution in [-0.4, -0.2) is 46.6 Å². The number of carbonyl (C=O) groups excluding carboxylic acids is 2. The Morgan fingerprint density at radius 1 is 1.08 bits per heavy atom. The number of nitrogens with one attached hydrogen (secondary N) is 1. The number of benzene rings is 1. The van der Waals surface area contributed by atoms with Crippen molar-refractivity contribution >= 4 is 34.9 Å². The van der Waals surface area contributed by atoms with E-state index in [1.54, 1.807) is 28.4 Å². The summed E-state index contributed by atoms with van der Waals surface area (Å²) in [5.74, 6) is -0.202. The number of ether oxygens (including phenoxy) is 1. The van der Waals surface area contributed by atoms with Crippen LogP contribution < -0.4 is 5.32 Å². The topological polar surface area (TPSA) is 71.5 Å². The molecule has 2 amide bonds. The summed E-state index contributed by atoms with van der Waals surface area (Å²) < 4.78 is 5.49. The van der Waals surface area contributed by atoms with Crippen molar-refractivity contribution in [1.29, 1.82) is 0 Å². The van der Waals surface area contributed by atoms with Crippen LogP contribution in [0.15, 0.2) is 48.0 Å². The van der Waals surface area contributed by atoms with Crippen LogP contribution in [0.4, 0.5) is 4.79 Å². The van der Waals surface area contributed by atoms with Crippen LogP contribution in [0.5, 0.6) is 0 Å². The number of likely N-dealkylation sites (tertiary alicyclic amines) is 1. The molecule has 38 heavy (non-hydrogen) atoms. The Hall–Kier alpha value is -2.90. The largest absolute Gasteiger partial charge is 0.444 e. The molecule has 202 valence electrons. The predicted octanol–water partition coefficient (Wildman–Crippen LogP) is 7.56. The third kappa shape index (κ3) is 6.94. The molecule has 0 radical (unpaired) electrons. The highest BCUT2D eigenvalue weighted by Crippen LogP contribution is 2.37. The number of halogens is 1. The Morgan fingerprint density at radius 3 is 2.53 bits per heavy atom. The lowest BCUT2D eigenvalue weighted by atomic mass is 9.90. The number of nitrogens with zero attached hydrogens (tertiary/aromatic N) is 2. The van der Waals surface area contributed by atoms with E-state index in [4.69, 9.17) is 16.3 Å². The third-order valence-corrected chi connectivity index (χ3v) is 7.65. The van der Waals surface area contributed by atoms with E-state index in [-0.39, 0.29) is 23.5 Å². The summed E-state index contributed by atoms with van der Waals surface area (Å²) in [5.41, 5.74) is 3.98. The number of thiophene rings is 1. The van der Waals surface area contributed by atoms with Crippen LogP contribution in [0, 0.1) is 0 Å². The van der Waals surface area contributed by atoms with Crippen molar-refractivity contribution in [3.05, 3.63) is 64.3 Å². The monoisotopic (exact) mass is 553 g/mol. The minimum Gasteiger partial charge on any atom is -0.444 e. The molecule has 8 heteroatoms. The molecule has 2 aromatic heterocycles. The highest BCUT2D eigenvalue weighted by atomic mass is 35.5. The van der Waals surface area contributed by atoms with Gasteiger partial charge in [0.1, 0.15) is 5.60 Å². The molecule has 1 aliphatic rings. The van der Waals surface area contributed by atoms with E-state index in [0.717, 1.165) is 40.1 Å². The van der Waals surface area contributed by atoms with E-state index in [9.17, 15) is 9.59 Å². The molecule has 0 saturated carbocycles. The summed E-state index contributed by atoms with van der Waals surface area (Å²) in [7, 11) is 0. The fourth-order valence-corrected chi connectivity index (χ4v) is 5.57. The zero-order chi connectivity index (χ0) is 27.7. The lowest BCUT2D eigenvalue weighted by molar-refractivity contribution is 0.0185. The molecule has 1 unspecified atom stereocenters. The molecular weight excluding hydrogens is 518 g/mol. The van der Waals surface area contributed by atoms with Crippen LogP contribution in [0.3, 0.4) is 0 Å². The van der Waals surface area contributed by atoms with Gasteiger partial charge < -0.3 is 15.0 Å². The lowest BCUT2D eigenvalue weighted by Crippen LogP contribution is -2.50. The molecule has 3 aromatic rings. The van der Waals surface area contributed by atoms with Crippen molar-refractivity contribution in [2.24, 2.45) is 0 Å². The normalized spacial score (nSPS) is 16.3. The smallest absolute Gasteiger partial charge is 0.410 e. The second-order valence-corrected chi connectivity index (χ2v) is 13.1. The first-order valence-corrected chi connectivity index (χ1v) is 14.2. The molecular formula is C30H36ClN3O3S. The van der Waals surface area contributed by atoms with Gasteiger partial charge in [0.25, 0.3) is 5.91 Å². The van der Waals surface area contributed by atoms with Crippen LogP contribution in [0.25, 0.3) is 21.6 Å². The molecule has 0 bridgehead atoms. The van der Waals surface area contributed by atoms with Gasteiger partial charge in [-0.25, -0.2) is 4.79 Å². The maximum atomic E-state index is 13.0. The highest BCUT2D eigenvalue weighted by Gasteiger charge is 2.28. The quantitative estimate of drug-likeness (QED) is 0.362. The summed E-state index contributed by atoms with van der Waals surface area (Å²) in [6, 6.07) is 11.5. The number of aromatic nitrogens is 1. The van der Waals surface area contributed by atoms with Crippen molar-refractivity contribution in [2.75, 3.05) is 13.1 Å². The Bertz CT molecular complexity index is 1320. The lowest BCUT2D eigenvalue weighted by Gasteiger charge is -2.34. The number of rotatable bonds is 4. The zero-order valence-corrected chi connectivity index (χ0v) is 24.5. The van der Waals surface area contributed by atoms with Crippen LogP contribution in [-0.2, 0) is 10.2 Å². The maximum Gasteiger partial charge on any atom is 0.410 e. The van der Waals surface area contributed by atoms with E-state index >= 15 is 0 Å². The minimum atomic E-state index is -0.553. The number of amides is 2. The zero-order valence-electron chi connectivity index (χ0n) is 22.9. The van der Waals surface area contributed by atoms with Gasteiger partial charge in [-0.2, -0.15) is 0 Å². The van der Waals surface area contributed by atoms with Gasteiger partial charge in [-0.05, 0) is 80.5 Å². The van der Waals surface area contributed by atoms with E-state index in [2.05, 4.69) is 48.6 Å². The fraction of sp³-hybridized carbons (Fsp3) is 0.433. The van der Waals surface area contributed by atoms with Crippen molar-refractivity contribution in [3.8, 4) is 21.6 Å². The number of carbonyl (C=O) groups is 2. The number of piperidine rings is 1. The average molecular weight is 554 g/mol. The number of hydrogen-bond acceptors (Lipinski definition) is 5. The second kappa shape index (κ2) is 11.1. The Morgan fingerprint density at radius 2 is 1.84 bits per heavy atom. The predicted molar refractivity (Wildman–Crippen MR) is 155 cm³/mol. The van der Waals surface area contributed by atoms with Gasteiger partial charge in [0.2, 0.25) is 0 Å². The van der Waals surface area contributed by atoms with E-state index in [1.807, 2.05) is 39.1 Å². The molecule has 1 saturated heterocycles. The van der Waals surface area contributed by atoms with Crippen molar-refractivity contribution in [1.82, 2.24) is 15.2 Å². The van der Waals surface area contributed by atoms with E-state index in [0.29, 0.717) is 23.7 Å². The molecule has 3 heterocycles. The minimum absolute atomic E-state index is 0.0263. The van der Waals surface area contributed by atoms with Crippen molar-refractivity contribution in [3.63, 3.8) is 0 Å². The van der Waals surface area contributed by atoms with Gasteiger partial charge in [0, 0.05) is 57.5 Å². The molecule has 6 nitrogen and oxygen atoms in total. The summed E-state index contributed by atoms with van der Waals surface area (Å²) >= 11 is 8.32. The van der Waals surface area contributed by atoms with Gasteiger partial charge in [0.15, 0.2) is 0 Å². The number of pyridine rings is 1. The Labute approximate surface area is 234 Å². The first-order chi connectivity index (χ1) is 17.8. The molecule has 4 rings (SSSR count). The molecule has 1 aliphatic heterocycles. The molecule has 1 N–H and O–H groups in total. The van der Waals surface area contributed by atoms with Crippen molar-refractivity contribution < 1.29 is 14.3 Å². The third-order valence-electron chi connectivity index (χ3n) is 6.36. The number of hydrogen-bond donors (Lipinski definition) is 1. The molecule has 0 aliphatic carbocycles. The van der Waals surface area contributed by atoms with Gasteiger partial charge in [-0.3, -0.25) is 9.78 Å². The standard InChI is InChI=1S/C30H36ClN3O3S/c1-29(2,3)26-16-19(11-12-32-26)25-15-21(18-38-25)23-10-9-20(14-24(23)31)27(35)33-22-8-7-13-34(17-22)28(36)37-30(4,5)6/h9-12,14-16,18,22H,7-8,13,17H2,1-6H3,(H,33,35). The summed E-state index contributed by atoms with van der Waals surface area (Å²) in [5, 5.41) is 5.67. The molecule has 1 atom stereocenters. The van der Waals surface area contributed by atoms with Crippen molar-refractivity contribution in [2.45, 2.75) is 71.4 Å². The summed E-state index contributed by atoms with van der Waals surface area (Å²) in [6.45, 7) is 13.1. The van der Waals surface area contributed by atoms with Gasteiger partial charge in [-0.15, -0.1) is 11.3 Å². The first kappa shape index (κ1) is 28.1. The molecule has 0 spiro atoms. The average Bonchev–Trinajstić information content (AvgIpc) is 3.33. The van der Waals surface area contributed by atoms with Crippen LogP contribution >= 0.6 is 22.9 Å². The van der Waals surface area contributed by atoms with Gasteiger partial charge in [-0.1, -0.05) is 38.4 Å². The fourth-order valence-electron chi connectivity index (χ4n) is 4.37. The van der Waals surface area contributed by atoms with Crippen LogP contribution in [0.1, 0.15) is 70.4 Å². The Balaban J connectivity index is 1.44. The van der Waals surface area contributed by atoms with Gasteiger partial charge >= 0.3 is 6.09 Å². The Kier molecular flexibility index (Phi) is 8.19. The summed E-state index contributed by atoms with van der Waals surface area (Å²) in [6.07, 6.45) is 3.12. The first-order valence-electron chi connectivity index (χ1n) is 12.9. The van der Waals surface area contributed by atoms with Crippen LogP contribution in [0.2, 0.25) is 5.02 Å². The van der Waals surface area contributed by atoms with Gasteiger partial charge in [0.05, 0.1) is 0 Å². The maximum absolute atomic E-state index is 13.0. The second-order valence-electron chi connectivity index (χ2n) is 11.8. The summed E-state index contributed by atoms with van der Waals surface area (Å²) in [4.78, 5) is 32.8. The highest BCUT2D eigenvalue weighted by molar-refractivity contribution is 7.14.